The minimum Gasteiger partial charge on any atom is -0.290 e. The average Bonchev–Trinajstić information content (AvgIpc) is 2.76. The summed E-state index contributed by atoms with van der Waals surface area (Å²) in [6, 6.07) is 5.59. The van der Waals surface area contributed by atoms with Crippen molar-refractivity contribution in [2.45, 2.75) is 26.3 Å². The van der Waals surface area contributed by atoms with E-state index in [1.807, 2.05) is 43.8 Å². The highest BCUT2D eigenvalue weighted by atomic mass is 32.2. The Kier molecular flexibility index (Phi) is 4.04. The predicted molar refractivity (Wildman–Crippen MR) is 85.7 cm³/mol. The Balaban J connectivity index is 1.90. The largest absolute Gasteiger partial charge is 0.290 e. The van der Waals surface area contributed by atoms with E-state index in [0.29, 0.717) is 6.42 Å². The van der Waals surface area contributed by atoms with Crippen LogP contribution in [0.3, 0.4) is 0 Å². The van der Waals surface area contributed by atoms with E-state index in [1.54, 1.807) is 0 Å². The van der Waals surface area contributed by atoms with Gasteiger partial charge in [0.1, 0.15) is 0 Å². The molecule has 4 nitrogen and oxygen atoms in total. The Bertz CT molecular complexity index is 561. The number of hydrogen-bond donors (Lipinski definition) is 0. The second-order valence-electron chi connectivity index (χ2n) is 5.68. The van der Waals surface area contributed by atoms with Crippen LogP contribution in [0, 0.1) is 13.8 Å². The van der Waals surface area contributed by atoms with Crippen LogP contribution in [0.25, 0.3) is 0 Å². The fourth-order valence-corrected chi connectivity index (χ4v) is 4.11. The predicted octanol–water partition coefficient (Wildman–Crippen LogP) is 1.98. The van der Waals surface area contributed by atoms with Crippen molar-refractivity contribution < 1.29 is 9.59 Å². The monoisotopic (exact) mass is 304 g/mol. The summed E-state index contributed by atoms with van der Waals surface area (Å²) >= 11 is 1.91. The van der Waals surface area contributed by atoms with Gasteiger partial charge in [-0.2, -0.15) is 11.8 Å². The van der Waals surface area contributed by atoms with Gasteiger partial charge in [-0.05, 0) is 25.0 Å². The van der Waals surface area contributed by atoms with Gasteiger partial charge in [-0.3, -0.25) is 14.5 Å². The highest BCUT2D eigenvalue weighted by Crippen LogP contribution is 2.31. The van der Waals surface area contributed by atoms with Crippen LogP contribution >= 0.6 is 11.8 Å². The summed E-state index contributed by atoms with van der Waals surface area (Å²) in [6.45, 7) is 5.70. The first kappa shape index (κ1) is 14.6. The molecule has 0 radical (unpaired) electrons. The first-order valence-electron chi connectivity index (χ1n) is 7.34. The Morgan fingerprint density at radius 3 is 2.33 bits per heavy atom. The number of thioether (sulfide) groups is 1. The quantitative estimate of drug-likeness (QED) is 0.784. The molecule has 112 valence electrons. The summed E-state index contributed by atoms with van der Waals surface area (Å²) in [5, 5.41) is 0. The molecule has 5 heteroatoms. The normalized spacial score (nSPS) is 23.9. The zero-order valence-corrected chi connectivity index (χ0v) is 13.3. The lowest BCUT2D eigenvalue weighted by Crippen LogP contribution is -2.46. The van der Waals surface area contributed by atoms with Gasteiger partial charge in [0.2, 0.25) is 5.91 Å². The van der Waals surface area contributed by atoms with Gasteiger partial charge in [-0.1, -0.05) is 18.2 Å². The van der Waals surface area contributed by atoms with Gasteiger partial charge in [0.15, 0.2) is 0 Å². The zero-order valence-electron chi connectivity index (χ0n) is 12.5. The minimum atomic E-state index is -0.266. The molecule has 2 aliphatic heterocycles. The molecule has 2 aliphatic rings. The molecule has 2 amide bonds. The maximum absolute atomic E-state index is 12.8. The van der Waals surface area contributed by atoms with Crippen LogP contribution in [0.4, 0.5) is 5.69 Å². The molecule has 2 saturated heterocycles. The molecule has 2 fully saturated rings. The fraction of sp³-hybridized carbons (Fsp3) is 0.500. The SMILES string of the molecule is Cc1cccc(C)c1N1C(=O)C[C@H](N2CCSCC2)C1=O. The molecule has 0 aliphatic carbocycles. The van der Waals surface area contributed by atoms with Crippen molar-refractivity contribution in [3.05, 3.63) is 29.3 Å². The first-order valence-corrected chi connectivity index (χ1v) is 8.50. The second-order valence-corrected chi connectivity index (χ2v) is 6.90. The van der Waals surface area contributed by atoms with E-state index >= 15 is 0 Å². The lowest BCUT2D eigenvalue weighted by Gasteiger charge is -2.30. The number of rotatable bonds is 2. The van der Waals surface area contributed by atoms with E-state index in [1.165, 1.54) is 4.90 Å². The van der Waals surface area contributed by atoms with Gasteiger partial charge >= 0.3 is 0 Å². The summed E-state index contributed by atoms with van der Waals surface area (Å²) in [5.41, 5.74) is 2.74. The van der Waals surface area contributed by atoms with Crippen molar-refractivity contribution in [1.29, 1.82) is 0 Å². The van der Waals surface area contributed by atoms with Gasteiger partial charge < -0.3 is 0 Å². The van der Waals surface area contributed by atoms with E-state index in [2.05, 4.69) is 4.90 Å². The number of aryl methyl sites for hydroxylation is 2. The van der Waals surface area contributed by atoms with Gasteiger partial charge in [0.05, 0.1) is 18.2 Å². The number of carbonyl (C=O) groups is 2. The third-order valence-corrected chi connectivity index (χ3v) is 5.21. The van der Waals surface area contributed by atoms with Crippen molar-refractivity contribution >= 4 is 29.3 Å². The molecular weight excluding hydrogens is 284 g/mol. The fourth-order valence-electron chi connectivity index (χ4n) is 3.18. The topological polar surface area (TPSA) is 40.6 Å². The number of imide groups is 1. The molecule has 0 bridgehead atoms. The summed E-state index contributed by atoms with van der Waals surface area (Å²) in [4.78, 5) is 28.8. The molecule has 21 heavy (non-hydrogen) atoms. The standard InChI is InChI=1S/C16H20N2O2S/c1-11-4-3-5-12(2)15(11)18-14(19)10-13(16(18)20)17-6-8-21-9-7-17/h3-5,13H,6-10H2,1-2H3/t13-/m0/s1. The molecule has 0 saturated carbocycles. The molecule has 1 aromatic carbocycles. The van der Waals surface area contributed by atoms with E-state index < -0.39 is 0 Å². The minimum absolute atomic E-state index is 0.0516. The lowest BCUT2D eigenvalue weighted by molar-refractivity contribution is -0.122. The molecule has 0 spiro atoms. The third kappa shape index (κ3) is 2.60. The highest BCUT2D eigenvalue weighted by Gasteiger charge is 2.43. The number of para-hydroxylation sites is 1. The Hall–Kier alpha value is -1.33. The van der Waals surface area contributed by atoms with Crippen LogP contribution in [0.5, 0.6) is 0 Å². The first-order chi connectivity index (χ1) is 10.1. The van der Waals surface area contributed by atoms with Crippen LogP contribution in [0.2, 0.25) is 0 Å². The van der Waals surface area contributed by atoms with Gasteiger partial charge in [-0.15, -0.1) is 0 Å². The van der Waals surface area contributed by atoms with E-state index in [4.69, 9.17) is 0 Å². The van der Waals surface area contributed by atoms with Crippen LogP contribution in [0.1, 0.15) is 17.5 Å². The molecule has 0 aromatic heterocycles. The summed E-state index contributed by atoms with van der Waals surface area (Å²) in [7, 11) is 0. The maximum atomic E-state index is 12.8. The number of anilines is 1. The van der Waals surface area contributed by atoms with Crippen molar-refractivity contribution in [3.8, 4) is 0 Å². The Morgan fingerprint density at radius 1 is 1.10 bits per heavy atom. The third-order valence-electron chi connectivity index (χ3n) is 4.27. The van der Waals surface area contributed by atoms with Crippen LogP contribution < -0.4 is 4.90 Å². The molecule has 0 unspecified atom stereocenters. The molecule has 3 rings (SSSR count). The molecular formula is C16H20N2O2S. The molecule has 1 atom stereocenters. The van der Waals surface area contributed by atoms with Crippen molar-refractivity contribution in [3.63, 3.8) is 0 Å². The van der Waals surface area contributed by atoms with Crippen LogP contribution in [0.15, 0.2) is 18.2 Å². The highest BCUT2D eigenvalue weighted by molar-refractivity contribution is 7.99. The number of carbonyl (C=O) groups excluding carboxylic acids is 2. The van der Waals surface area contributed by atoms with Crippen molar-refractivity contribution in [2.75, 3.05) is 29.5 Å². The molecule has 1 aromatic rings. The van der Waals surface area contributed by atoms with Crippen molar-refractivity contribution in [1.82, 2.24) is 4.90 Å². The van der Waals surface area contributed by atoms with Gasteiger partial charge in [-0.25, -0.2) is 4.90 Å². The van der Waals surface area contributed by atoms with Gasteiger partial charge in [0.25, 0.3) is 5.91 Å². The molecule has 2 heterocycles. The number of benzene rings is 1. The zero-order chi connectivity index (χ0) is 15.0. The van der Waals surface area contributed by atoms with Crippen molar-refractivity contribution in [2.24, 2.45) is 0 Å². The summed E-state index contributed by atoms with van der Waals surface area (Å²) in [6.07, 6.45) is 0.317. The van der Waals surface area contributed by atoms with Crippen LogP contribution in [-0.2, 0) is 9.59 Å². The smallest absolute Gasteiger partial charge is 0.251 e. The van der Waals surface area contributed by atoms with E-state index in [9.17, 15) is 9.59 Å². The average molecular weight is 304 g/mol. The number of amides is 2. The van der Waals surface area contributed by atoms with Gasteiger partial charge in [0, 0.05) is 24.6 Å². The van der Waals surface area contributed by atoms with E-state index in [0.717, 1.165) is 41.4 Å². The van der Waals surface area contributed by atoms with Crippen LogP contribution in [-0.4, -0.2) is 47.4 Å². The number of hydrogen-bond acceptors (Lipinski definition) is 4. The number of nitrogens with zero attached hydrogens (tertiary/aromatic N) is 2. The Labute approximate surface area is 129 Å². The summed E-state index contributed by atoms with van der Waals surface area (Å²) in [5.74, 6) is 1.97. The molecule has 0 N–H and O–H groups in total. The van der Waals surface area contributed by atoms with E-state index in [-0.39, 0.29) is 17.9 Å². The maximum Gasteiger partial charge on any atom is 0.251 e. The second kappa shape index (κ2) is 5.81. The summed E-state index contributed by atoms with van der Waals surface area (Å²) < 4.78 is 0. The Morgan fingerprint density at radius 2 is 1.71 bits per heavy atom. The lowest BCUT2D eigenvalue weighted by atomic mass is 10.1.